The van der Waals surface area contributed by atoms with Gasteiger partial charge in [0, 0.05) is 19.1 Å². The third kappa shape index (κ3) is 8.30. The number of hydrogen-bond donors (Lipinski definition) is 0. The summed E-state index contributed by atoms with van der Waals surface area (Å²) in [6.07, 6.45) is 5.93. The predicted molar refractivity (Wildman–Crippen MR) is 78.1 cm³/mol. The predicted octanol–water partition coefficient (Wildman–Crippen LogP) is 2.20. The van der Waals surface area contributed by atoms with Gasteiger partial charge in [-0.05, 0) is 6.42 Å². The Morgan fingerprint density at radius 1 is 1.09 bits per heavy atom. The van der Waals surface area contributed by atoms with Crippen LogP contribution in [-0.4, -0.2) is 59.8 Å². The molecule has 1 heterocycles. The zero-order chi connectivity index (χ0) is 17.7. The molecule has 11 heteroatoms. The monoisotopic (exact) mass is 368 g/mol. The molecule has 0 spiro atoms. The summed E-state index contributed by atoms with van der Waals surface area (Å²) in [5, 5.41) is 0. The lowest BCUT2D eigenvalue weighted by Gasteiger charge is -2.28. The Kier molecular flexibility index (Phi) is 7.79. The van der Waals surface area contributed by atoms with Crippen LogP contribution < -0.4 is 0 Å². The maximum atomic E-state index is 11.4. The van der Waals surface area contributed by atoms with Crippen molar-refractivity contribution in [2.45, 2.75) is 38.1 Å². The molecule has 0 aliphatic carbocycles. The number of unbranched alkanes of at least 4 members (excludes halogenated alkanes) is 1. The summed E-state index contributed by atoms with van der Waals surface area (Å²) < 4.78 is 77.3. The van der Waals surface area contributed by atoms with Gasteiger partial charge in [-0.1, -0.05) is 13.3 Å². The average Bonchev–Trinajstić information content (AvgIpc) is 2.70. The maximum Gasteiger partial charge on any atom is 0.480 e. The molecule has 0 saturated carbocycles. The van der Waals surface area contributed by atoms with E-state index in [4.69, 9.17) is 0 Å². The standard InChI is InChI=1S/C9H20N.C2H3F3NO4S2/c1-3-4-7-10(2)8-5-6-9-10;1-11(7,8)6-12(9,10)2(3,4)5/h3-9H2,1-2H3;1H3/q+1;-1. The van der Waals surface area contributed by atoms with Crippen LogP contribution in [0.15, 0.2) is 0 Å². The van der Waals surface area contributed by atoms with E-state index in [-0.39, 0.29) is 6.26 Å². The minimum absolute atomic E-state index is 0.246. The first-order valence-electron chi connectivity index (χ1n) is 6.81. The third-order valence-electron chi connectivity index (χ3n) is 3.22. The van der Waals surface area contributed by atoms with Gasteiger partial charge in [-0.3, -0.25) is 0 Å². The molecule has 0 aromatic carbocycles. The highest BCUT2D eigenvalue weighted by molar-refractivity contribution is 8.12. The van der Waals surface area contributed by atoms with Crippen molar-refractivity contribution < 1.29 is 34.5 Å². The highest BCUT2D eigenvalue weighted by Crippen LogP contribution is 2.29. The van der Waals surface area contributed by atoms with Gasteiger partial charge >= 0.3 is 5.51 Å². The second-order valence-electron chi connectivity index (χ2n) is 5.58. The van der Waals surface area contributed by atoms with Crippen molar-refractivity contribution in [2.24, 2.45) is 0 Å². The Bertz CT molecular complexity index is 538. The fourth-order valence-electron chi connectivity index (χ4n) is 2.08. The number of likely N-dealkylation sites (tertiary alicyclic amines) is 1. The molecule has 0 N–H and O–H groups in total. The van der Waals surface area contributed by atoms with E-state index in [0.717, 1.165) is 0 Å². The van der Waals surface area contributed by atoms with E-state index in [0.29, 0.717) is 0 Å². The zero-order valence-corrected chi connectivity index (χ0v) is 14.6. The van der Waals surface area contributed by atoms with E-state index in [9.17, 15) is 30.0 Å². The number of alkyl halides is 3. The highest BCUT2D eigenvalue weighted by Gasteiger charge is 2.39. The quantitative estimate of drug-likeness (QED) is 0.697. The van der Waals surface area contributed by atoms with E-state index in [2.05, 4.69) is 14.0 Å². The molecular weight excluding hydrogens is 345 g/mol. The fourth-order valence-corrected chi connectivity index (χ4v) is 3.85. The summed E-state index contributed by atoms with van der Waals surface area (Å²) >= 11 is 0. The molecule has 0 aromatic heterocycles. The van der Waals surface area contributed by atoms with Gasteiger partial charge in [-0.2, -0.15) is 13.2 Å². The van der Waals surface area contributed by atoms with Crippen molar-refractivity contribution in [2.75, 3.05) is 32.9 Å². The summed E-state index contributed by atoms with van der Waals surface area (Å²) in [5.74, 6) is 0. The van der Waals surface area contributed by atoms with E-state index in [1.807, 2.05) is 0 Å². The largest absolute Gasteiger partial charge is 0.480 e. The van der Waals surface area contributed by atoms with Gasteiger partial charge in [-0.25, -0.2) is 16.8 Å². The van der Waals surface area contributed by atoms with Gasteiger partial charge in [0.1, 0.15) is 0 Å². The van der Waals surface area contributed by atoms with Crippen molar-refractivity contribution in [3.63, 3.8) is 0 Å². The van der Waals surface area contributed by atoms with E-state index >= 15 is 0 Å². The number of rotatable bonds is 5. The van der Waals surface area contributed by atoms with Crippen LogP contribution >= 0.6 is 0 Å². The molecule has 0 unspecified atom stereocenters. The van der Waals surface area contributed by atoms with Crippen LogP contribution in [0, 0.1) is 0 Å². The molecule has 0 radical (unpaired) electrons. The van der Waals surface area contributed by atoms with Crippen LogP contribution in [0.1, 0.15) is 32.6 Å². The first kappa shape index (κ1) is 21.6. The van der Waals surface area contributed by atoms with Crippen molar-refractivity contribution in [3.8, 4) is 0 Å². The third-order valence-corrected chi connectivity index (χ3v) is 5.68. The van der Waals surface area contributed by atoms with E-state index in [1.165, 1.54) is 49.8 Å². The van der Waals surface area contributed by atoms with Crippen LogP contribution in [0.5, 0.6) is 0 Å². The number of sulfonamides is 2. The topological polar surface area (TPSA) is 82.4 Å². The van der Waals surface area contributed by atoms with Gasteiger partial charge in [0.2, 0.25) is 0 Å². The highest BCUT2D eigenvalue weighted by atomic mass is 32.3. The van der Waals surface area contributed by atoms with Crippen LogP contribution in [0.4, 0.5) is 13.2 Å². The number of quaternary nitrogens is 1. The lowest BCUT2D eigenvalue weighted by atomic mass is 10.3. The lowest BCUT2D eigenvalue weighted by molar-refractivity contribution is -0.897. The second kappa shape index (κ2) is 7.93. The molecule has 1 rings (SSSR count). The molecular formula is C11H23F3N2O4S2. The number of nitrogens with zero attached hydrogens (tertiary/aromatic N) is 2. The molecule has 1 saturated heterocycles. The van der Waals surface area contributed by atoms with Crippen molar-refractivity contribution >= 4 is 20.0 Å². The average molecular weight is 368 g/mol. The number of hydrogen-bond acceptors (Lipinski definition) is 4. The SMILES string of the molecule is CCCC[N+]1(C)CCCC1.CS(=O)(=O)[N-]S(=O)(=O)C(F)(F)F. The summed E-state index contributed by atoms with van der Waals surface area (Å²) in [6, 6.07) is 0. The Labute approximate surface area is 130 Å². The van der Waals surface area contributed by atoms with Gasteiger partial charge in [-0.15, -0.1) is 0 Å². The number of halogens is 3. The molecule has 134 valence electrons. The van der Waals surface area contributed by atoms with Crippen LogP contribution in [0.2, 0.25) is 0 Å². The van der Waals surface area contributed by atoms with Crippen LogP contribution in [0.25, 0.3) is 4.13 Å². The van der Waals surface area contributed by atoms with Crippen LogP contribution in [0.3, 0.4) is 0 Å². The zero-order valence-electron chi connectivity index (χ0n) is 12.9. The van der Waals surface area contributed by atoms with Crippen molar-refractivity contribution in [3.05, 3.63) is 4.13 Å². The molecule has 1 aliphatic rings. The Balaban J connectivity index is 0.000000406. The molecule has 0 atom stereocenters. The van der Waals surface area contributed by atoms with Gasteiger partial charge in [0.15, 0.2) is 10.0 Å². The molecule has 0 aromatic rings. The van der Waals surface area contributed by atoms with Gasteiger partial charge in [0.05, 0.1) is 36.7 Å². The summed E-state index contributed by atoms with van der Waals surface area (Å²) in [6.45, 7) is 6.55. The Hall–Kier alpha value is -0.390. The Morgan fingerprint density at radius 3 is 1.82 bits per heavy atom. The molecule has 22 heavy (non-hydrogen) atoms. The first-order valence-corrected chi connectivity index (χ1v) is 10.1. The van der Waals surface area contributed by atoms with Gasteiger partial charge < -0.3 is 8.61 Å². The maximum absolute atomic E-state index is 11.4. The minimum Gasteiger partial charge on any atom is -0.429 e. The summed E-state index contributed by atoms with van der Waals surface area (Å²) in [4.78, 5) is 0. The first-order chi connectivity index (χ1) is 9.72. The minimum atomic E-state index is -5.92. The van der Waals surface area contributed by atoms with Crippen molar-refractivity contribution in [1.29, 1.82) is 0 Å². The summed E-state index contributed by atoms with van der Waals surface area (Å²) in [5.41, 5.74) is -5.67. The van der Waals surface area contributed by atoms with E-state index in [1.54, 1.807) is 4.13 Å². The molecule has 0 bridgehead atoms. The molecule has 1 aliphatic heterocycles. The summed E-state index contributed by atoms with van der Waals surface area (Å²) in [7, 11) is -8.06. The fraction of sp³-hybridized carbons (Fsp3) is 1.00. The molecule has 1 fully saturated rings. The lowest BCUT2D eigenvalue weighted by Crippen LogP contribution is -2.41. The van der Waals surface area contributed by atoms with Crippen LogP contribution in [-0.2, 0) is 20.0 Å². The smallest absolute Gasteiger partial charge is 0.429 e. The van der Waals surface area contributed by atoms with E-state index < -0.39 is 25.6 Å². The molecule has 6 nitrogen and oxygen atoms in total. The second-order valence-corrected chi connectivity index (χ2v) is 9.05. The van der Waals surface area contributed by atoms with Crippen molar-refractivity contribution in [1.82, 2.24) is 0 Å². The molecule has 0 amide bonds. The normalized spacial score (nSPS) is 18.6. The van der Waals surface area contributed by atoms with Gasteiger partial charge in [0.25, 0.3) is 0 Å². The Morgan fingerprint density at radius 2 is 1.55 bits per heavy atom.